The highest BCUT2D eigenvalue weighted by atomic mass is 16.5. The van der Waals surface area contributed by atoms with Crippen molar-refractivity contribution < 1.29 is 39.5 Å². The van der Waals surface area contributed by atoms with Crippen LogP contribution < -0.4 is 10.5 Å². The van der Waals surface area contributed by atoms with Gasteiger partial charge in [-0.25, -0.2) is 0 Å². The van der Waals surface area contributed by atoms with Crippen molar-refractivity contribution in [1.82, 2.24) is 4.90 Å². The van der Waals surface area contributed by atoms with Crippen LogP contribution in [-0.4, -0.2) is 75.6 Å². The summed E-state index contributed by atoms with van der Waals surface area (Å²) in [6.07, 6.45) is 0.812. The van der Waals surface area contributed by atoms with Crippen LogP contribution >= 0.6 is 0 Å². The van der Waals surface area contributed by atoms with Gasteiger partial charge in [0.15, 0.2) is 11.4 Å². The molecule has 10 nitrogen and oxygen atoms in total. The number of methoxy groups -OCH3 is 1. The minimum Gasteiger partial charge on any atom is -0.508 e. The summed E-state index contributed by atoms with van der Waals surface area (Å²) in [4.78, 5) is 40.9. The van der Waals surface area contributed by atoms with Crippen molar-refractivity contribution in [2.45, 2.75) is 37.8 Å². The summed E-state index contributed by atoms with van der Waals surface area (Å²) in [6, 6.07) is 7.66. The molecule has 10 heteroatoms. The van der Waals surface area contributed by atoms with E-state index >= 15 is 0 Å². The molecule has 0 saturated heterocycles. The van der Waals surface area contributed by atoms with Crippen molar-refractivity contribution >= 4 is 23.2 Å². The minimum atomic E-state index is -2.68. The maximum Gasteiger partial charge on any atom is 0.255 e. The molecule has 0 bridgehead atoms. The van der Waals surface area contributed by atoms with Crippen molar-refractivity contribution in [3.8, 4) is 23.3 Å². The number of amides is 1. The molecule has 1 fully saturated rings. The molecular formula is C32H32N2O8. The maximum absolute atomic E-state index is 14.0. The molecule has 1 amide bonds. The van der Waals surface area contributed by atoms with E-state index in [0.717, 1.165) is 5.56 Å². The Kier molecular flexibility index (Phi) is 7.13. The number of primary amides is 1. The van der Waals surface area contributed by atoms with E-state index in [4.69, 9.17) is 10.5 Å². The summed E-state index contributed by atoms with van der Waals surface area (Å²) in [5, 5.41) is 45.6. The van der Waals surface area contributed by atoms with Crippen LogP contribution in [0.25, 0.3) is 5.76 Å². The van der Waals surface area contributed by atoms with E-state index in [9.17, 15) is 34.8 Å². The summed E-state index contributed by atoms with van der Waals surface area (Å²) < 4.78 is 5.17. The van der Waals surface area contributed by atoms with Gasteiger partial charge in [-0.05, 0) is 80.7 Å². The molecule has 3 aliphatic rings. The van der Waals surface area contributed by atoms with Crippen molar-refractivity contribution in [3.05, 3.63) is 75.1 Å². The Balaban J connectivity index is 1.68. The van der Waals surface area contributed by atoms with Crippen LogP contribution in [-0.2, 0) is 27.2 Å². The molecule has 6 N–H and O–H groups in total. The molecule has 3 aliphatic carbocycles. The number of aryl methyl sites for hydroxylation is 1. The first kappa shape index (κ1) is 28.9. The molecule has 0 spiro atoms. The van der Waals surface area contributed by atoms with Crippen molar-refractivity contribution in [3.63, 3.8) is 0 Å². The molecular weight excluding hydrogens is 540 g/mol. The lowest BCUT2D eigenvalue weighted by Gasteiger charge is -2.50. The normalized spacial score (nSPS) is 25.0. The molecule has 2 aromatic rings. The standard InChI is InChI=1S/C32H32N2O8/c1-5-16-12-17(9-6-15-7-10-19(42-4)11-8-15)26(35)23-20(16)13-18-14-21-25(34(2)3)28(37)24(31(33)40)30(39)32(21,41)29(38)22(18)27(23)36/h7-8,10-12,18,21,25,35-36,39,41H,5,13-14H2,1-4H3,(H2,33,40)/t18-,21-,25+,32-/m0/s1. The summed E-state index contributed by atoms with van der Waals surface area (Å²) >= 11 is 0. The summed E-state index contributed by atoms with van der Waals surface area (Å²) in [5.41, 5.74) is 4.04. The third kappa shape index (κ3) is 4.16. The smallest absolute Gasteiger partial charge is 0.255 e. The molecule has 0 aliphatic heterocycles. The molecule has 218 valence electrons. The number of phenolic OH excluding ortho intramolecular Hbond substituents is 1. The fraction of sp³-hybridized carbons (Fsp3) is 0.344. The highest BCUT2D eigenvalue weighted by Gasteiger charge is 2.64. The van der Waals surface area contributed by atoms with Gasteiger partial charge in [-0.1, -0.05) is 18.8 Å². The van der Waals surface area contributed by atoms with Crippen LogP contribution in [0, 0.1) is 23.7 Å². The fourth-order valence-electron chi connectivity index (χ4n) is 6.61. The van der Waals surface area contributed by atoms with E-state index in [1.165, 1.54) is 4.90 Å². The number of fused-ring (bicyclic) bond motifs is 3. The number of aliphatic hydroxyl groups excluding tert-OH is 2. The summed E-state index contributed by atoms with van der Waals surface area (Å²) in [6.45, 7) is 1.92. The highest BCUT2D eigenvalue weighted by Crippen LogP contribution is 2.53. The molecule has 0 aromatic heterocycles. The lowest BCUT2D eigenvalue weighted by molar-refractivity contribution is -0.153. The maximum atomic E-state index is 14.0. The highest BCUT2D eigenvalue weighted by molar-refractivity contribution is 6.24. The second kappa shape index (κ2) is 10.4. The zero-order valence-corrected chi connectivity index (χ0v) is 23.7. The molecule has 0 radical (unpaired) electrons. The molecule has 0 unspecified atom stereocenters. The number of carbonyl (C=O) groups excluding carboxylic acids is 3. The number of ketones is 2. The van der Waals surface area contributed by atoms with E-state index in [2.05, 4.69) is 11.8 Å². The fourth-order valence-corrected chi connectivity index (χ4v) is 6.61. The zero-order valence-electron chi connectivity index (χ0n) is 23.7. The zero-order chi connectivity index (χ0) is 30.7. The number of aliphatic hydroxyl groups is 3. The first-order valence-corrected chi connectivity index (χ1v) is 13.5. The van der Waals surface area contributed by atoms with Crippen molar-refractivity contribution in [2.24, 2.45) is 17.6 Å². The third-order valence-electron chi connectivity index (χ3n) is 8.63. The minimum absolute atomic E-state index is 0.0321. The summed E-state index contributed by atoms with van der Waals surface area (Å²) in [5.74, 6) is -0.231. The van der Waals surface area contributed by atoms with Crippen molar-refractivity contribution in [2.75, 3.05) is 21.2 Å². The Morgan fingerprint density at radius 2 is 1.81 bits per heavy atom. The monoisotopic (exact) mass is 572 g/mol. The van der Waals surface area contributed by atoms with Gasteiger partial charge in [0.25, 0.3) is 5.91 Å². The second-order valence-electron chi connectivity index (χ2n) is 11.1. The van der Waals surface area contributed by atoms with Crippen LogP contribution in [0.4, 0.5) is 0 Å². The third-order valence-corrected chi connectivity index (χ3v) is 8.63. The number of carbonyl (C=O) groups is 3. The predicted octanol–water partition coefficient (Wildman–Crippen LogP) is 1.93. The molecule has 5 rings (SSSR count). The van der Waals surface area contributed by atoms with Gasteiger partial charge in [0.1, 0.15) is 28.6 Å². The number of hydrogen-bond donors (Lipinski definition) is 5. The molecule has 2 aromatic carbocycles. The van der Waals surface area contributed by atoms with Crippen LogP contribution in [0.5, 0.6) is 11.5 Å². The number of Topliss-reactive ketones (excluding diaryl/α,β-unsaturated/α-hetero) is 2. The number of benzene rings is 2. The van der Waals surface area contributed by atoms with Gasteiger partial charge in [0, 0.05) is 17.1 Å². The van der Waals surface area contributed by atoms with Gasteiger partial charge in [-0.2, -0.15) is 0 Å². The van der Waals surface area contributed by atoms with Gasteiger partial charge < -0.3 is 30.9 Å². The van der Waals surface area contributed by atoms with Crippen molar-refractivity contribution in [1.29, 1.82) is 0 Å². The topological polar surface area (TPSA) is 171 Å². The van der Waals surface area contributed by atoms with Gasteiger partial charge in [-0.3, -0.25) is 19.3 Å². The van der Waals surface area contributed by atoms with Crippen LogP contribution in [0.15, 0.2) is 47.2 Å². The van der Waals surface area contributed by atoms with Crippen LogP contribution in [0.3, 0.4) is 0 Å². The van der Waals surface area contributed by atoms with E-state index in [1.54, 1.807) is 51.5 Å². The quantitative estimate of drug-likeness (QED) is 0.271. The van der Waals surface area contributed by atoms with E-state index < -0.39 is 58.0 Å². The first-order valence-electron chi connectivity index (χ1n) is 13.5. The van der Waals surface area contributed by atoms with Crippen LogP contribution in [0.2, 0.25) is 0 Å². The number of hydrogen-bond acceptors (Lipinski definition) is 9. The number of nitrogens with two attached hydrogens (primary N) is 1. The number of ether oxygens (including phenoxy) is 1. The Morgan fingerprint density at radius 3 is 2.38 bits per heavy atom. The van der Waals surface area contributed by atoms with E-state index in [1.807, 2.05) is 6.92 Å². The van der Waals surface area contributed by atoms with Gasteiger partial charge in [0.2, 0.25) is 5.78 Å². The number of likely N-dealkylation sites (N-methyl/N-ethyl adjacent to an activating group) is 1. The van der Waals surface area contributed by atoms with Gasteiger partial charge in [-0.15, -0.1) is 0 Å². The Bertz CT molecular complexity index is 1660. The number of phenols is 1. The first-order chi connectivity index (χ1) is 19.9. The lowest BCUT2D eigenvalue weighted by atomic mass is 9.57. The molecule has 1 saturated carbocycles. The molecule has 42 heavy (non-hydrogen) atoms. The Hall–Kier alpha value is -4.59. The second-order valence-corrected chi connectivity index (χ2v) is 11.1. The largest absolute Gasteiger partial charge is 0.508 e. The Labute approximate surface area is 242 Å². The lowest BCUT2D eigenvalue weighted by Crippen LogP contribution is -2.65. The number of rotatable bonds is 4. The SMILES string of the molecule is CCc1cc(C#Cc2ccc(OC)cc2)c(O)c2c1C[C@H]1C[C@H]3[C@@H](N(C)C)C(=O)C(C(N)=O)=C(O)[C@@]3(O)C(=O)C1=C2O. The number of aromatic hydroxyl groups is 1. The van der Waals surface area contributed by atoms with Gasteiger partial charge >= 0.3 is 0 Å². The molecule has 0 heterocycles. The Morgan fingerprint density at radius 1 is 1.14 bits per heavy atom. The van der Waals surface area contributed by atoms with Gasteiger partial charge in [0.05, 0.1) is 24.3 Å². The number of nitrogens with zero attached hydrogens (tertiary/aromatic N) is 1. The van der Waals surface area contributed by atoms with E-state index in [0.29, 0.717) is 23.3 Å². The van der Waals surface area contributed by atoms with Crippen LogP contribution in [0.1, 0.15) is 41.2 Å². The molecule has 4 atom stereocenters. The average Bonchev–Trinajstić information content (AvgIpc) is 2.94. The summed E-state index contributed by atoms with van der Waals surface area (Å²) in [7, 11) is 4.69. The average molecular weight is 573 g/mol. The van der Waals surface area contributed by atoms with E-state index in [-0.39, 0.29) is 35.3 Å². The predicted molar refractivity (Wildman–Crippen MR) is 153 cm³/mol.